The molecule has 13 heteroatoms. The van der Waals surface area contributed by atoms with E-state index in [9.17, 15) is 12.8 Å². The summed E-state index contributed by atoms with van der Waals surface area (Å²) in [5, 5.41) is 9.46. The van der Waals surface area contributed by atoms with Crippen molar-refractivity contribution in [2.24, 2.45) is 0 Å². The van der Waals surface area contributed by atoms with Crippen LogP contribution in [0.25, 0.3) is 16.6 Å². The highest BCUT2D eigenvalue weighted by Crippen LogP contribution is 2.32. The van der Waals surface area contributed by atoms with Crippen LogP contribution in [0.1, 0.15) is 30.3 Å². The molecule has 2 N–H and O–H groups in total. The van der Waals surface area contributed by atoms with Crippen LogP contribution in [0.2, 0.25) is 0 Å². The quantitative estimate of drug-likeness (QED) is 0.447. The maximum Gasteiger partial charge on any atom is 0.223 e. The molecule has 1 atom stereocenters. The Kier molecular flexibility index (Phi) is 5.30. The van der Waals surface area contributed by atoms with Crippen LogP contribution in [-0.4, -0.2) is 64.2 Å². The van der Waals surface area contributed by atoms with E-state index in [1.807, 2.05) is 6.92 Å². The number of sulfone groups is 1. The fourth-order valence-corrected chi connectivity index (χ4v) is 5.12. The molecule has 4 heterocycles. The van der Waals surface area contributed by atoms with Crippen LogP contribution in [0.4, 0.5) is 16.0 Å². The lowest BCUT2D eigenvalue weighted by Gasteiger charge is -2.32. The summed E-state index contributed by atoms with van der Waals surface area (Å²) in [7, 11) is -1.81. The van der Waals surface area contributed by atoms with Gasteiger partial charge in [-0.3, -0.25) is 4.68 Å². The number of nitrogens with two attached hydrogens (primary N) is 1. The van der Waals surface area contributed by atoms with E-state index >= 15 is 0 Å². The Morgan fingerprint density at radius 3 is 2.79 bits per heavy atom. The van der Waals surface area contributed by atoms with Gasteiger partial charge in [0.05, 0.1) is 24.0 Å². The maximum absolute atomic E-state index is 14.4. The minimum atomic E-state index is -3.20. The van der Waals surface area contributed by atoms with Crippen molar-refractivity contribution in [3.8, 4) is 5.75 Å². The minimum Gasteiger partial charge on any atom is -0.494 e. The fraction of sp³-hybridized carbons (Fsp3) is 0.429. The van der Waals surface area contributed by atoms with E-state index in [1.165, 1.54) is 34.7 Å². The molecule has 0 aliphatic carbocycles. The van der Waals surface area contributed by atoms with E-state index in [0.717, 1.165) is 30.8 Å². The van der Waals surface area contributed by atoms with Crippen LogP contribution in [0.15, 0.2) is 18.3 Å². The Morgan fingerprint density at radius 2 is 2.06 bits per heavy atom. The molecule has 1 unspecified atom stereocenters. The number of aryl methyl sites for hydroxylation is 1. The molecule has 0 saturated carbocycles. The molecule has 1 fully saturated rings. The fourth-order valence-electron chi connectivity index (χ4n) is 4.51. The highest BCUT2D eigenvalue weighted by atomic mass is 32.2. The van der Waals surface area contributed by atoms with Crippen molar-refractivity contribution in [3.63, 3.8) is 0 Å². The molecule has 1 saturated heterocycles. The predicted octanol–water partition coefficient (Wildman–Crippen LogP) is 1.90. The number of anilines is 2. The molecular weight excluding hydrogens is 463 g/mol. The summed E-state index contributed by atoms with van der Waals surface area (Å²) in [5.41, 5.74) is 8.69. The van der Waals surface area contributed by atoms with Crippen molar-refractivity contribution in [2.75, 3.05) is 37.1 Å². The van der Waals surface area contributed by atoms with E-state index in [1.54, 1.807) is 6.20 Å². The number of hydrogen-bond donors (Lipinski definition) is 1. The van der Waals surface area contributed by atoms with Crippen LogP contribution in [0.3, 0.4) is 0 Å². The van der Waals surface area contributed by atoms with Crippen LogP contribution >= 0.6 is 0 Å². The van der Waals surface area contributed by atoms with Gasteiger partial charge in [-0.1, -0.05) is 0 Å². The molecule has 1 aliphatic heterocycles. The third kappa shape index (κ3) is 4.00. The van der Waals surface area contributed by atoms with Crippen molar-refractivity contribution < 1.29 is 17.5 Å². The summed E-state index contributed by atoms with van der Waals surface area (Å²) in [4.78, 5) is 11.2. The Labute approximate surface area is 195 Å². The summed E-state index contributed by atoms with van der Waals surface area (Å²) < 4.78 is 45.7. The molecule has 0 bridgehead atoms. The number of methoxy groups -OCH3 is 1. The largest absolute Gasteiger partial charge is 0.494 e. The molecule has 0 spiro atoms. The number of ether oxygens (including phenoxy) is 1. The van der Waals surface area contributed by atoms with E-state index in [-0.39, 0.29) is 23.5 Å². The molecular formula is C21H25FN8O3S. The van der Waals surface area contributed by atoms with E-state index in [4.69, 9.17) is 15.5 Å². The highest BCUT2D eigenvalue weighted by molar-refractivity contribution is 7.89. The Hall–Kier alpha value is -3.48. The van der Waals surface area contributed by atoms with Gasteiger partial charge < -0.3 is 15.4 Å². The second-order valence-corrected chi connectivity index (χ2v) is 10.8. The summed E-state index contributed by atoms with van der Waals surface area (Å²) in [6.07, 6.45) is 4.72. The first-order valence-electron chi connectivity index (χ1n) is 10.8. The van der Waals surface area contributed by atoms with Crippen LogP contribution in [0.5, 0.6) is 5.75 Å². The lowest BCUT2D eigenvalue weighted by atomic mass is 9.97. The first-order chi connectivity index (χ1) is 16.1. The van der Waals surface area contributed by atoms with Gasteiger partial charge in [-0.25, -0.2) is 22.8 Å². The number of piperidine rings is 1. The average Bonchev–Trinajstić information content (AvgIpc) is 3.37. The molecule has 0 amide bonds. The molecule has 1 aliphatic rings. The molecule has 34 heavy (non-hydrogen) atoms. The molecule has 11 nitrogen and oxygen atoms in total. The van der Waals surface area contributed by atoms with Crippen molar-refractivity contribution in [1.82, 2.24) is 29.4 Å². The van der Waals surface area contributed by atoms with Gasteiger partial charge in [0, 0.05) is 42.9 Å². The minimum absolute atomic E-state index is 0.00357. The number of fused-ring (bicyclic) bond motifs is 3. The van der Waals surface area contributed by atoms with Gasteiger partial charge in [0.25, 0.3) is 0 Å². The third-order valence-electron chi connectivity index (χ3n) is 6.00. The third-order valence-corrected chi connectivity index (χ3v) is 6.73. The van der Waals surface area contributed by atoms with Crippen molar-refractivity contribution in [2.45, 2.75) is 31.6 Å². The Balaban J connectivity index is 1.49. The number of nitrogens with zero attached hydrogens (tertiary/aromatic N) is 7. The maximum atomic E-state index is 14.4. The van der Waals surface area contributed by atoms with Crippen molar-refractivity contribution in [3.05, 3.63) is 35.7 Å². The van der Waals surface area contributed by atoms with Crippen LogP contribution in [0, 0.1) is 12.7 Å². The normalized spacial score (nSPS) is 17.1. The van der Waals surface area contributed by atoms with Gasteiger partial charge in [-0.2, -0.15) is 9.61 Å². The van der Waals surface area contributed by atoms with E-state index < -0.39 is 15.7 Å². The van der Waals surface area contributed by atoms with Crippen molar-refractivity contribution in [1.29, 1.82) is 0 Å². The second kappa shape index (κ2) is 8.08. The SMILES string of the molecule is COc1cc2nc(N)n3nc(C4CCCN(c5cn(CS(C)(=O)=O)nc5C)C4)nc3c2cc1F. The highest BCUT2D eigenvalue weighted by Gasteiger charge is 2.28. The predicted molar refractivity (Wildman–Crippen MR) is 125 cm³/mol. The molecule has 0 radical (unpaired) electrons. The Bertz CT molecular complexity index is 1510. The lowest BCUT2D eigenvalue weighted by Crippen LogP contribution is -2.35. The average molecular weight is 489 g/mol. The van der Waals surface area contributed by atoms with Gasteiger partial charge in [0.1, 0.15) is 5.88 Å². The summed E-state index contributed by atoms with van der Waals surface area (Å²) in [6.45, 7) is 3.31. The van der Waals surface area contributed by atoms with Gasteiger partial charge in [0.2, 0.25) is 5.95 Å². The van der Waals surface area contributed by atoms with E-state index in [2.05, 4.69) is 20.1 Å². The molecule has 5 rings (SSSR count). The zero-order valence-corrected chi connectivity index (χ0v) is 19.9. The lowest BCUT2D eigenvalue weighted by molar-refractivity contribution is 0.387. The number of benzene rings is 1. The summed E-state index contributed by atoms with van der Waals surface area (Å²) in [5.74, 6) is 0.156. The standard InChI is InChI=1S/C21H25FN8O3S/c1-12-17(10-29(26-12)11-34(3,31)32)28-6-4-5-13(9-28)19-25-20-14-7-15(22)18(33-2)8-16(14)24-21(23)30(20)27-19/h7-8,10,13H,4-6,9,11H2,1-3H3,(H2,23,24). The second-order valence-electron chi connectivity index (χ2n) is 8.66. The molecule has 1 aromatic carbocycles. The zero-order valence-electron chi connectivity index (χ0n) is 19.1. The number of nitrogen functional groups attached to an aromatic ring is 1. The molecule has 4 aromatic rings. The van der Waals surface area contributed by atoms with Gasteiger partial charge in [-0.15, -0.1) is 5.10 Å². The summed E-state index contributed by atoms with van der Waals surface area (Å²) >= 11 is 0. The Morgan fingerprint density at radius 1 is 1.26 bits per heavy atom. The first-order valence-corrected chi connectivity index (χ1v) is 12.8. The zero-order chi connectivity index (χ0) is 24.2. The molecule has 180 valence electrons. The van der Waals surface area contributed by atoms with E-state index in [0.29, 0.717) is 28.9 Å². The molecule has 3 aromatic heterocycles. The smallest absolute Gasteiger partial charge is 0.223 e. The monoisotopic (exact) mass is 488 g/mol. The van der Waals surface area contributed by atoms with Gasteiger partial charge >= 0.3 is 0 Å². The number of hydrogen-bond acceptors (Lipinski definition) is 9. The first kappa shape index (κ1) is 22.3. The number of halogens is 1. The summed E-state index contributed by atoms with van der Waals surface area (Å²) in [6, 6.07) is 2.83. The van der Waals surface area contributed by atoms with Gasteiger partial charge in [0.15, 0.2) is 32.9 Å². The number of aromatic nitrogens is 6. The topological polar surface area (TPSA) is 134 Å². The van der Waals surface area contributed by atoms with Crippen LogP contribution < -0.4 is 15.4 Å². The van der Waals surface area contributed by atoms with Gasteiger partial charge in [-0.05, 0) is 25.8 Å². The van der Waals surface area contributed by atoms with Crippen molar-refractivity contribution >= 4 is 38.0 Å². The number of rotatable bonds is 5. The van der Waals surface area contributed by atoms with Crippen LogP contribution in [-0.2, 0) is 15.7 Å².